The number of hydrogen-bond donors (Lipinski definition) is 1. The van der Waals surface area contributed by atoms with Gasteiger partial charge in [-0.15, -0.1) is 0 Å². The van der Waals surface area contributed by atoms with E-state index in [-0.39, 0.29) is 22.0 Å². The topological polar surface area (TPSA) is 82.9 Å². The average molecular weight is 267 g/mol. The molecular formula is C12H17N3O2S. The summed E-state index contributed by atoms with van der Waals surface area (Å²) in [4.78, 5) is 3.82. The van der Waals surface area contributed by atoms with Gasteiger partial charge < -0.3 is 0 Å². The van der Waals surface area contributed by atoms with Crippen molar-refractivity contribution >= 4 is 10.0 Å². The molecule has 0 amide bonds. The first-order chi connectivity index (χ1) is 8.16. The minimum Gasteiger partial charge on any atom is -0.244 e. The van der Waals surface area contributed by atoms with Gasteiger partial charge in [0.25, 0.3) is 0 Å². The molecule has 0 aliphatic rings. The minimum absolute atomic E-state index is 0.0672. The fourth-order valence-corrected chi connectivity index (χ4v) is 2.48. The zero-order chi connectivity index (χ0) is 14.0. The normalized spacial score (nSPS) is 13.9. The second kappa shape index (κ2) is 5.04. The molecule has 0 fully saturated rings. The summed E-state index contributed by atoms with van der Waals surface area (Å²) >= 11 is 0. The van der Waals surface area contributed by atoms with Crippen molar-refractivity contribution in [2.75, 3.05) is 0 Å². The zero-order valence-corrected chi connectivity index (χ0v) is 11.7. The van der Waals surface area contributed by atoms with Crippen molar-refractivity contribution in [3.8, 4) is 6.07 Å². The summed E-state index contributed by atoms with van der Waals surface area (Å²) in [6, 6.07) is 4.40. The van der Waals surface area contributed by atoms with E-state index in [1.54, 1.807) is 0 Å². The van der Waals surface area contributed by atoms with Crippen molar-refractivity contribution in [2.24, 2.45) is 5.41 Å². The van der Waals surface area contributed by atoms with Crippen LogP contribution in [0.5, 0.6) is 0 Å². The van der Waals surface area contributed by atoms with Crippen LogP contribution in [-0.4, -0.2) is 19.4 Å². The van der Waals surface area contributed by atoms with E-state index >= 15 is 0 Å². The molecule has 0 radical (unpaired) electrons. The average Bonchev–Trinajstić information content (AvgIpc) is 2.27. The van der Waals surface area contributed by atoms with Crippen LogP contribution in [0.1, 0.15) is 33.4 Å². The van der Waals surface area contributed by atoms with Crippen molar-refractivity contribution in [3.05, 3.63) is 24.0 Å². The second-order valence-electron chi connectivity index (χ2n) is 5.20. The number of nitrogens with one attached hydrogen (secondary N) is 1. The molecule has 1 heterocycles. The largest absolute Gasteiger partial charge is 0.244 e. The van der Waals surface area contributed by atoms with Gasteiger partial charge in [-0.1, -0.05) is 20.8 Å². The van der Waals surface area contributed by atoms with Crippen LogP contribution in [0.25, 0.3) is 0 Å². The maximum atomic E-state index is 12.1. The van der Waals surface area contributed by atoms with Crippen LogP contribution in [0.4, 0.5) is 0 Å². The molecule has 6 heteroatoms. The molecule has 5 nitrogen and oxygen atoms in total. The highest BCUT2D eigenvalue weighted by Crippen LogP contribution is 2.20. The van der Waals surface area contributed by atoms with Crippen molar-refractivity contribution in [1.82, 2.24) is 9.71 Å². The number of hydrogen-bond acceptors (Lipinski definition) is 4. The number of aromatic nitrogens is 1. The molecule has 1 N–H and O–H groups in total. The molecule has 0 saturated heterocycles. The summed E-state index contributed by atoms with van der Waals surface area (Å²) in [7, 11) is -3.59. The fraction of sp³-hybridized carbons (Fsp3) is 0.500. The summed E-state index contributed by atoms with van der Waals surface area (Å²) in [5.41, 5.74) is 0.0189. The van der Waals surface area contributed by atoms with Gasteiger partial charge in [0.1, 0.15) is 16.7 Å². The van der Waals surface area contributed by atoms with Gasteiger partial charge in [0.05, 0.1) is 0 Å². The van der Waals surface area contributed by atoms with Gasteiger partial charge in [0, 0.05) is 12.2 Å². The quantitative estimate of drug-likeness (QED) is 0.903. The molecule has 18 heavy (non-hydrogen) atoms. The molecule has 1 rings (SSSR count). The number of nitrogens with zero attached hydrogens (tertiary/aromatic N) is 2. The Bertz CT molecular complexity index is 550. The first kappa shape index (κ1) is 14.6. The standard InChI is InChI=1S/C12H17N3O2S/c1-9(12(2,3)4)15-18(16,17)11-6-5-10(7-13)14-8-11/h5-6,8-9,15H,1-4H3. The Labute approximate surface area is 108 Å². The molecule has 1 aromatic rings. The van der Waals surface area contributed by atoms with Crippen LogP contribution in [-0.2, 0) is 10.0 Å². The van der Waals surface area contributed by atoms with Crippen LogP contribution in [0.3, 0.4) is 0 Å². The van der Waals surface area contributed by atoms with E-state index in [9.17, 15) is 8.42 Å². The predicted molar refractivity (Wildman–Crippen MR) is 68.2 cm³/mol. The molecule has 0 saturated carbocycles. The molecule has 0 aliphatic carbocycles. The van der Waals surface area contributed by atoms with E-state index < -0.39 is 10.0 Å². The van der Waals surface area contributed by atoms with Gasteiger partial charge in [-0.3, -0.25) is 0 Å². The first-order valence-corrected chi connectivity index (χ1v) is 7.03. The lowest BCUT2D eigenvalue weighted by molar-refractivity contribution is 0.317. The lowest BCUT2D eigenvalue weighted by Crippen LogP contribution is -2.41. The van der Waals surface area contributed by atoms with E-state index in [1.165, 1.54) is 18.3 Å². The van der Waals surface area contributed by atoms with Gasteiger partial charge in [-0.2, -0.15) is 5.26 Å². The highest BCUT2D eigenvalue weighted by Gasteiger charge is 2.26. The van der Waals surface area contributed by atoms with Crippen molar-refractivity contribution in [1.29, 1.82) is 5.26 Å². The summed E-state index contributed by atoms with van der Waals surface area (Å²) in [6.45, 7) is 7.68. The van der Waals surface area contributed by atoms with Crippen LogP contribution < -0.4 is 4.72 Å². The molecule has 98 valence electrons. The molecule has 0 aliphatic heterocycles. The smallest absolute Gasteiger partial charge is 0.242 e. The fourth-order valence-electron chi connectivity index (χ4n) is 1.08. The first-order valence-electron chi connectivity index (χ1n) is 5.55. The van der Waals surface area contributed by atoms with E-state index in [0.29, 0.717) is 0 Å². The van der Waals surface area contributed by atoms with E-state index in [4.69, 9.17) is 5.26 Å². The predicted octanol–water partition coefficient (Wildman–Crippen LogP) is 1.67. The second-order valence-corrected chi connectivity index (χ2v) is 6.91. The SMILES string of the molecule is CC(NS(=O)(=O)c1ccc(C#N)nc1)C(C)(C)C. The van der Waals surface area contributed by atoms with Gasteiger partial charge in [0.2, 0.25) is 10.0 Å². The van der Waals surface area contributed by atoms with E-state index in [0.717, 1.165) is 0 Å². The third-order valence-corrected chi connectivity index (χ3v) is 4.32. The molecule has 1 unspecified atom stereocenters. The van der Waals surface area contributed by atoms with Crippen LogP contribution in [0.15, 0.2) is 23.2 Å². The van der Waals surface area contributed by atoms with E-state index in [2.05, 4.69) is 9.71 Å². The number of pyridine rings is 1. The number of sulfonamides is 1. The van der Waals surface area contributed by atoms with Gasteiger partial charge in [-0.25, -0.2) is 18.1 Å². The minimum atomic E-state index is -3.59. The summed E-state index contributed by atoms with van der Waals surface area (Å²) < 4.78 is 26.7. The third kappa shape index (κ3) is 3.52. The van der Waals surface area contributed by atoms with Crippen molar-refractivity contribution < 1.29 is 8.42 Å². The monoisotopic (exact) mass is 267 g/mol. The highest BCUT2D eigenvalue weighted by molar-refractivity contribution is 7.89. The maximum Gasteiger partial charge on any atom is 0.242 e. The van der Waals surface area contributed by atoms with Crippen LogP contribution in [0.2, 0.25) is 0 Å². The molecule has 0 bridgehead atoms. The Morgan fingerprint density at radius 2 is 2.00 bits per heavy atom. The summed E-state index contributed by atoms with van der Waals surface area (Å²) in [5, 5.41) is 8.61. The van der Waals surface area contributed by atoms with Crippen molar-refractivity contribution in [2.45, 2.75) is 38.6 Å². The molecule has 1 aromatic heterocycles. The van der Waals surface area contributed by atoms with E-state index in [1.807, 2.05) is 33.8 Å². The van der Waals surface area contributed by atoms with Crippen LogP contribution >= 0.6 is 0 Å². The molecule has 1 atom stereocenters. The Kier molecular flexibility index (Phi) is 4.09. The third-order valence-electron chi connectivity index (χ3n) is 2.79. The molecular weight excluding hydrogens is 250 g/mol. The van der Waals surface area contributed by atoms with Gasteiger partial charge in [0.15, 0.2) is 0 Å². The lowest BCUT2D eigenvalue weighted by Gasteiger charge is -2.27. The molecule has 0 aromatic carbocycles. The lowest BCUT2D eigenvalue weighted by atomic mass is 9.89. The Morgan fingerprint density at radius 1 is 1.39 bits per heavy atom. The van der Waals surface area contributed by atoms with Gasteiger partial charge in [-0.05, 0) is 24.5 Å². The molecule has 0 spiro atoms. The summed E-state index contributed by atoms with van der Waals surface area (Å²) in [5.74, 6) is 0. The summed E-state index contributed by atoms with van der Waals surface area (Å²) in [6.07, 6.45) is 1.19. The number of rotatable bonds is 3. The Morgan fingerprint density at radius 3 is 2.39 bits per heavy atom. The van der Waals surface area contributed by atoms with Crippen LogP contribution in [0, 0.1) is 16.7 Å². The maximum absolute atomic E-state index is 12.1. The Hall–Kier alpha value is -1.45. The Balaban J connectivity index is 2.97. The zero-order valence-electron chi connectivity index (χ0n) is 10.9. The van der Waals surface area contributed by atoms with Crippen molar-refractivity contribution in [3.63, 3.8) is 0 Å². The number of nitriles is 1. The highest BCUT2D eigenvalue weighted by atomic mass is 32.2. The van der Waals surface area contributed by atoms with Gasteiger partial charge >= 0.3 is 0 Å².